The van der Waals surface area contributed by atoms with Gasteiger partial charge in [0, 0.05) is 35.8 Å². The number of ketones is 1. The second-order valence-corrected chi connectivity index (χ2v) is 8.86. The first-order chi connectivity index (χ1) is 17.9. The summed E-state index contributed by atoms with van der Waals surface area (Å²) in [6.07, 6.45) is 1.70. The lowest BCUT2D eigenvalue weighted by molar-refractivity contribution is 0.0876. The molecule has 8 nitrogen and oxygen atoms in total. The molecule has 2 aliphatic heterocycles. The highest BCUT2D eigenvalue weighted by atomic mass is 16.5. The Labute approximate surface area is 215 Å². The molecule has 0 radical (unpaired) electrons. The van der Waals surface area contributed by atoms with E-state index >= 15 is 0 Å². The van der Waals surface area contributed by atoms with Crippen LogP contribution >= 0.6 is 0 Å². The minimum Gasteiger partial charge on any atom is -0.497 e. The molecule has 2 aliphatic rings. The normalized spacial score (nSPS) is 15.5. The fourth-order valence-corrected chi connectivity index (χ4v) is 4.71. The number of allylic oxidation sites excluding steroid dienone is 1. The molecule has 0 aromatic heterocycles. The number of hydrogen-bond acceptors (Lipinski definition) is 8. The minimum absolute atomic E-state index is 0.171. The van der Waals surface area contributed by atoms with Crippen LogP contribution in [-0.2, 0) is 13.1 Å². The summed E-state index contributed by atoms with van der Waals surface area (Å²) < 4.78 is 33.7. The van der Waals surface area contributed by atoms with E-state index in [4.69, 9.17) is 28.4 Å². The predicted octanol–water partition coefficient (Wildman–Crippen LogP) is 5.00. The number of nitrogens with zero attached hydrogens (tertiary/aromatic N) is 1. The molecule has 0 bridgehead atoms. The highest BCUT2D eigenvalue weighted by Crippen LogP contribution is 2.44. The number of hydrogen-bond donors (Lipinski definition) is 0. The zero-order valence-electron chi connectivity index (χ0n) is 21.5. The molecule has 0 fully saturated rings. The fraction of sp³-hybridized carbons (Fsp3) is 0.276. The maximum absolute atomic E-state index is 13.3. The lowest BCUT2D eigenvalue weighted by atomic mass is 9.99. The van der Waals surface area contributed by atoms with Crippen LogP contribution in [-0.4, -0.2) is 45.9 Å². The highest BCUT2D eigenvalue weighted by Gasteiger charge is 2.34. The van der Waals surface area contributed by atoms with Gasteiger partial charge in [-0.1, -0.05) is 6.07 Å². The van der Waals surface area contributed by atoms with E-state index in [2.05, 4.69) is 4.90 Å². The molecule has 0 saturated carbocycles. The maximum atomic E-state index is 13.3. The number of carbonyl (C=O) groups excluding carboxylic acids is 1. The van der Waals surface area contributed by atoms with Gasteiger partial charge in [0.25, 0.3) is 0 Å². The number of ether oxygens (including phenoxy) is 6. The van der Waals surface area contributed by atoms with E-state index in [0.717, 1.165) is 28.0 Å². The van der Waals surface area contributed by atoms with Gasteiger partial charge in [0.2, 0.25) is 5.78 Å². The van der Waals surface area contributed by atoms with Crippen molar-refractivity contribution in [2.75, 3.05) is 35.2 Å². The summed E-state index contributed by atoms with van der Waals surface area (Å²) in [5, 5.41) is 0. The molecule has 8 heteroatoms. The van der Waals surface area contributed by atoms with E-state index in [1.807, 2.05) is 43.3 Å². The van der Waals surface area contributed by atoms with Crippen molar-refractivity contribution in [3.63, 3.8) is 0 Å². The SMILES string of the molecule is COc1ccc(/C=C2\Oc3c(cc4c(c3C)OCN(Cc3ccc(OC)c(OC)c3)C4)C2=O)c(OC)c1. The van der Waals surface area contributed by atoms with E-state index in [9.17, 15) is 4.79 Å². The van der Waals surface area contributed by atoms with Gasteiger partial charge in [0.05, 0.1) is 34.0 Å². The van der Waals surface area contributed by atoms with Gasteiger partial charge in [-0.2, -0.15) is 0 Å². The van der Waals surface area contributed by atoms with Gasteiger partial charge in [-0.15, -0.1) is 0 Å². The lowest BCUT2D eigenvalue weighted by Gasteiger charge is -2.30. The first kappa shape index (κ1) is 24.5. The average Bonchev–Trinajstić information content (AvgIpc) is 3.23. The highest BCUT2D eigenvalue weighted by molar-refractivity contribution is 6.15. The second-order valence-electron chi connectivity index (χ2n) is 8.86. The fourth-order valence-electron chi connectivity index (χ4n) is 4.71. The number of benzene rings is 3. The van der Waals surface area contributed by atoms with Crippen LogP contribution in [0.2, 0.25) is 0 Å². The number of rotatable bonds is 7. The summed E-state index contributed by atoms with van der Waals surface area (Å²) >= 11 is 0. The molecule has 3 aromatic rings. The van der Waals surface area contributed by atoms with E-state index in [1.165, 1.54) is 0 Å². The summed E-state index contributed by atoms with van der Waals surface area (Å²) in [5.41, 5.74) is 4.09. The van der Waals surface area contributed by atoms with Gasteiger partial charge in [0.1, 0.15) is 29.7 Å². The quantitative estimate of drug-likeness (QED) is 0.417. The molecule has 0 amide bonds. The smallest absolute Gasteiger partial charge is 0.231 e. The Morgan fingerprint density at radius 3 is 2.41 bits per heavy atom. The van der Waals surface area contributed by atoms with Crippen molar-refractivity contribution in [1.82, 2.24) is 4.90 Å². The summed E-state index contributed by atoms with van der Waals surface area (Å²) in [6, 6.07) is 13.2. The van der Waals surface area contributed by atoms with Crippen molar-refractivity contribution in [3.05, 3.63) is 76.0 Å². The Morgan fingerprint density at radius 1 is 0.892 bits per heavy atom. The zero-order chi connectivity index (χ0) is 26.1. The van der Waals surface area contributed by atoms with Crippen LogP contribution in [0.15, 0.2) is 48.2 Å². The number of fused-ring (bicyclic) bond motifs is 2. The van der Waals surface area contributed by atoms with Crippen LogP contribution in [0.5, 0.6) is 34.5 Å². The Bertz CT molecular complexity index is 1400. The van der Waals surface area contributed by atoms with Crippen molar-refractivity contribution in [2.45, 2.75) is 20.0 Å². The standard InChI is InChI=1S/C29H29NO7/c1-17-28-20(15-30(16-36-28)14-18-6-9-23(33-3)25(10-18)35-5)11-22-27(31)26(37-29(17)22)12-19-7-8-21(32-2)13-24(19)34-4/h6-13H,14-16H2,1-5H3/b26-12-. The van der Waals surface area contributed by atoms with Crippen molar-refractivity contribution in [1.29, 1.82) is 0 Å². The Hall–Kier alpha value is -4.17. The molecule has 0 aliphatic carbocycles. The molecule has 0 saturated heterocycles. The number of carbonyl (C=O) groups is 1. The molecule has 3 aromatic carbocycles. The molecule has 0 spiro atoms. The number of methoxy groups -OCH3 is 4. The van der Waals surface area contributed by atoms with Crippen molar-refractivity contribution in [3.8, 4) is 34.5 Å². The first-order valence-corrected chi connectivity index (χ1v) is 11.8. The lowest BCUT2D eigenvalue weighted by Crippen LogP contribution is -2.32. The van der Waals surface area contributed by atoms with Crippen LogP contribution in [0, 0.1) is 6.92 Å². The van der Waals surface area contributed by atoms with Gasteiger partial charge >= 0.3 is 0 Å². The minimum atomic E-state index is -0.171. The molecular formula is C29H29NO7. The molecule has 0 atom stereocenters. The molecule has 192 valence electrons. The van der Waals surface area contributed by atoms with Crippen LogP contribution < -0.4 is 28.4 Å². The van der Waals surface area contributed by atoms with Crippen LogP contribution in [0.25, 0.3) is 6.08 Å². The summed E-state index contributed by atoms with van der Waals surface area (Å²) in [4.78, 5) is 15.5. The van der Waals surface area contributed by atoms with Crippen LogP contribution in [0.3, 0.4) is 0 Å². The van der Waals surface area contributed by atoms with Gasteiger partial charge < -0.3 is 28.4 Å². The third-order valence-electron chi connectivity index (χ3n) is 6.58. The third kappa shape index (κ3) is 4.56. The Kier molecular flexibility index (Phi) is 6.67. The van der Waals surface area contributed by atoms with E-state index < -0.39 is 0 Å². The maximum Gasteiger partial charge on any atom is 0.231 e. The van der Waals surface area contributed by atoms with Gasteiger partial charge in [0.15, 0.2) is 17.3 Å². The second kappa shape index (κ2) is 10.1. The predicted molar refractivity (Wildman–Crippen MR) is 138 cm³/mol. The van der Waals surface area contributed by atoms with Crippen LogP contribution in [0.1, 0.15) is 32.6 Å². The Balaban J connectivity index is 1.40. The topological polar surface area (TPSA) is 75.7 Å². The van der Waals surface area contributed by atoms with Gasteiger partial charge in [-0.3, -0.25) is 9.69 Å². The van der Waals surface area contributed by atoms with E-state index in [1.54, 1.807) is 40.6 Å². The Morgan fingerprint density at radius 2 is 1.68 bits per heavy atom. The van der Waals surface area contributed by atoms with E-state index in [-0.39, 0.29) is 11.5 Å². The average molecular weight is 504 g/mol. The molecule has 37 heavy (non-hydrogen) atoms. The molecule has 0 unspecified atom stereocenters. The van der Waals surface area contributed by atoms with Crippen molar-refractivity contribution in [2.24, 2.45) is 0 Å². The third-order valence-corrected chi connectivity index (χ3v) is 6.58. The monoisotopic (exact) mass is 503 g/mol. The number of Topliss-reactive ketones (excluding diaryl/α,β-unsaturated/α-hetero) is 1. The van der Waals surface area contributed by atoms with Crippen molar-refractivity contribution < 1.29 is 33.2 Å². The van der Waals surface area contributed by atoms with E-state index in [0.29, 0.717) is 54.1 Å². The molecule has 2 heterocycles. The summed E-state index contributed by atoms with van der Waals surface area (Å²) in [6.45, 7) is 3.63. The zero-order valence-corrected chi connectivity index (χ0v) is 21.5. The first-order valence-electron chi connectivity index (χ1n) is 11.8. The molecule has 0 N–H and O–H groups in total. The van der Waals surface area contributed by atoms with Crippen LogP contribution in [0.4, 0.5) is 0 Å². The van der Waals surface area contributed by atoms with Gasteiger partial charge in [-0.25, -0.2) is 0 Å². The summed E-state index contributed by atoms with van der Waals surface area (Å²) in [5.74, 6) is 3.99. The molecular weight excluding hydrogens is 474 g/mol. The van der Waals surface area contributed by atoms with Gasteiger partial charge in [-0.05, 0) is 48.9 Å². The summed E-state index contributed by atoms with van der Waals surface area (Å²) in [7, 11) is 6.41. The molecule has 5 rings (SSSR count). The largest absolute Gasteiger partial charge is 0.497 e. The van der Waals surface area contributed by atoms with Crippen molar-refractivity contribution >= 4 is 11.9 Å².